The van der Waals surface area contributed by atoms with E-state index >= 15 is 0 Å². The first kappa shape index (κ1) is 20.5. The van der Waals surface area contributed by atoms with Crippen molar-refractivity contribution in [3.8, 4) is 0 Å². The summed E-state index contributed by atoms with van der Waals surface area (Å²) in [5, 5.41) is 4.12. The van der Waals surface area contributed by atoms with Crippen LogP contribution in [0.4, 0.5) is 10.9 Å². The fourth-order valence-corrected chi connectivity index (χ4v) is 4.67. The third kappa shape index (κ3) is 4.10. The third-order valence-electron chi connectivity index (χ3n) is 5.79. The van der Waals surface area contributed by atoms with E-state index in [4.69, 9.17) is 4.98 Å². The highest BCUT2D eigenvalue weighted by Crippen LogP contribution is 2.36. The first-order chi connectivity index (χ1) is 14.3. The summed E-state index contributed by atoms with van der Waals surface area (Å²) in [7, 11) is 0. The number of rotatable bonds is 5. The number of nitrogens with one attached hydrogen (secondary N) is 1. The van der Waals surface area contributed by atoms with Crippen molar-refractivity contribution in [2.75, 3.05) is 11.9 Å². The number of carbonyl (C=O) groups excluding carboxylic acids is 1. The van der Waals surface area contributed by atoms with Gasteiger partial charge >= 0.3 is 0 Å². The van der Waals surface area contributed by atoms with Gasteiger partial charge in [0.1, 0.15) is 5.82 Å². The first-order valence-electron chi connectivity index (χ1n) is 10.4. The lowest BCUT2D eigenvalue weighted by Gasteiger charge is -2.33. The molecule has 1 saturated heterocycles. The van der Waals surface area contributed by atoms with Crippen LogP contribution in [-0.4, -0.2) is 27.3 Å². The molecule has 1 aromatic carbocycles. The van der Waals surface area contributed by atoms with Crippen molar-refractivity contribution >= 4 is 28.2 Å². The quantitative estimate of drug-likeness (QED) is 0.589. The number of benzene rings is 1. The fraction of sp³-hybridized carbons (Fsp3) is 0.375. The molecule has 6 heteroatoms. The fourth-order valence-electron chi connectivity index (χ4n) is 4.00. The van der Waals surface area contributed by atoms with Crippen LogP contribution in [-0.2, 0) is 10.2 Å². The monoisotopic (exact) mass is 420 g/mol. The molecule has 0 bridgehead atoms. The van der Waals surface area contributed by atoms with E-state index < -0.39 is 5.41 Å². The van der Waals surface area contributed by atoms with Gasteiger partial charge in [-0.1, -0.05) is 35.9 Å². The summed E-state index contributed by atoms with van der Waals surface area (Å²) in [4.78, 5) is 25.9. The number of anilines is 2. The summed E-state index contributed by atoms with van der Waals surface area (Å²) in [5.74, 6) is 0.920. The molecule has 156 valence electrons. The van der Waals surface area contributed by atoms with E-state index in [1.54, 1.807) is 11.3 Å². The highest BCUT2D eigenvalue weighted by molar-refractivity contribution is 7.15. The molecular formula is C24H28N4OS. The number of hydrogen-bond acceptors (Lipinski definition) is 5. The van der Waals surface area contributed by atoms with Gasteiger partial charge in [-0.3, -0.25) is 4.79 Å². The van der Waals surface area contributed by atoms with Crippen molar-refractivity contribution in [3.63, 3.8) is 0 Å². The van der Waals surface area contributed by atoms with Crippen LogP contribution < -0.4 is 5.32 Å². The number of pyridine rings is 1. The maximum atomic E-state index is 13.6. The molecular weight excluding hydrogens is 392 g/mol. The standard InChI is InChI=1S/C24H28N4OS/c1-16-10-12-18(13-11-16)24(3,4)22(29)28-14-6-8-20(28)19-7-5-9-21(26-19)27-23-25-15-17(2)30-23/h5,7,9-13,15,20H,6,8,14H2,1-4H3,(H,25,26,27)/t20-/m0/s1. The number of hydrogen-bond donors (Lipinski definition) is 1. The zero-order valence-corrected chi connectivity index (χ0v) is 18.8. The van der Waals surface area contributed by atoms with E-state index in [0.29, 0.717) is 0 Å². The third-order valence-corrected chi connectivity index (χ3v) is 6.62. The Bertz CT molecular complexity index is 1040. The van der Waals surface area contributed by atoms with Gasteiger partial charge in [-0.25, -0.2) is 9.97 Å². The van der Waals surface area contributed by atoms with Gasteiger partial charge in [-0.2, -0.15) is 0 Å². The molecule has 3 heterocycles. The molecule has 1 atom stereocenters. The van der Waals surface area contributed by atoms with Crippen molar-refractivity contribution in [3.05, 3.63) is 70.4 Å². The zero-order chi connectivity index (χ0) is 21.3. The van der Waals surface area contributed by atoms with Gasteiger partial charge in [0.05, 0.1) is 17.2 Å². The lowest BCUT2D eigenvalue weighted by Crippen LogP contribution is -2.43. The Balaban J connectivity index is 1.56. The maximum Gasteiger partial charge on any atom is 0.233 e. The number of likely N-dealkylation sites (tertiary alicyclic amines) is 1. The lowest BCUT2D eigenvalue weighted by molar-refractivity contribution is -0.137. The minimum absolute atomic E-state index is 0.00186. The predicted molar refractivity (Wildman–Crippen MR) is 122 cm³/mol. The molecule has 5 nitrogen and oxygen atoms in total. The summed E-state index contributed by atoms with van der Waals surface area (Å²) < 4.78 is 0. The van der Waals surface area contributed by atoms with E-state index in [0.717, 1.165) is 46.5 Å². The van der Waals surface area contributed by atoms with Gasteiger partial charge in [-0.15, -0.1) is 11.3 Å². The van der Waals surface area contributed by atoms with Crippen LogP contribution in [0.2, 0.25) is 0 Å². The van der Waals surface area contributed by atoms with Gasteiger partial charge in [0.25, 0.3) is 0 Å². The summed E-state index contributed by atoms with van der Waals surface area (Å²) >= 11 is 1.60. The molecule has 3 aromatic rings. The zero-order valence-electron chi connectivity index (χ0n) is 18.0. The molecule has 1 aliphatic rings. The molecule has 0 unspecified atom stereocenters. The SMILES string of the molecule is Cc1ccc(C(C)(C)C(=O)N2CCC[C@H]2c2cccc(Nc3ncc(C)s3)n2)cc1. The molecule has 1 amide bonds. The van der Waals surface area contributed by atoms with E-state index in [2.05, 4.69) is 41.5 Å². The van der Waals surface area contributed by atoms with Gasteiger partial charge < -0.3 is 10.2 Å². The van der Waals surface area contributed by atoms with Crippen LogP contribution in [0.25, 0.3) is 0 Å². The van der Waals surface area contributed by atoms with E-state index in [1.165, 1.54) is 5.56 Å². The normalized spacial score (nSPS) is 16.7. The number of aromatic nitrogens is 2. The predicted octanol–water partition coefficient (Wildman–Crippen LogP) is 5.54. The number of amides is 1. The van der Waals surface area contributed by atoms with Crippen LogP contribution >= 0.6 is 11.3 Å². The van der Waals surface area contributed by atoms with Gasteiger partial charge in [0.15, 0.2) is 5.13 Å². The molecule has 2 aromatic heterocycles. The van der Waals surface area contributed by atoms with Gasteiger partial charge in [0, 0.05) is 17.6 Å². The topological polar surface area (TPSA) is 58.1 Å². The highest BCUT2D eigenvalue weighted by atomic mass is 32.1. The first-order valence-corrected chi connectivity index (χ1v) is 11.2. The summed E-state index contributed by atoms with van der Waals surface area (Å²) in [6, 6.07) is 14.2. The lowest BCUT2D eigenvalue weighted by atomic mass is 9.82. The number of thiazole rings is 1. The Morgan fingerprint density at radius 1 is 1.17 bits per heavy atom. The summed E-state index contributed by atoms with van der Waals surface area (Å²) in [6.45, 7) is 8.90. The highest BCUT2D eigenvalue weighted by Gasteiger charge is 2.39. The minimum Gasteiger partial charge on any atom is -0.333 e. The number of carbonyl (C=O) groups is 1. The second-order valence-corrected chi connectivity index (χ2v) is 9.73. The van der Waals surface area contributed by atoms with Crippen molar-refractivity contribution in [1.29, 1.82) is 0 Å². The average Bonchev–Trinajstić information content (AvgIpc) is 3.37. The summed E-state index contributed by atoms with van der Waals surface area (Å²) in [6.07, 6.45) is 3.77. The smallest absolute Gasteiger partial charge is 0.233 e. The van der Waals surface area contributed by atoms with Crippen molar-refractivity contribution in [2.24, 2.45) is 0 Å². The Morgan fingerprint density at radius 2 is 1.93 bits per heavy atom. The molecule has 30 heavy (non-hydrogen) atoms. The van der Waals surface area contributed by atoms with E-state index in [-0.39, 0.29) is 11.9 Å². The molecule has 1 fully saturated rings. The second kappa shape index (κ2) is 8.19. The maximum absolute atomic E-state index is 13.6. The van der Waals surface area contributed by atoms with Crippen molar-refractivity contribution in [1.82, 2.24) is 14.9 Å². The molecule has 0 spiro atoms. The molecule has 0 radical (unpaired) electrons. The molecule has 0 saturated carbocycles. The molecule has 1 N–H and O–H groups in total. The number of aryl methyl sites for hydroxylation is 2. The minimum atomic E-state index is -0.579. The largest absolute Gasteiger partial charge is 0.333 e. The molecule has 1 aliphatic heterocycles. The van der Waals surface area contributed by atoms with E-state index in [1.807, 2.05) is 50.1 Å². The second-order valence-electron chi connectivity index (χ2n) is 8.50. The van der Waals surface area contributed by atoms with Crippen molar-refractivity contribution < 1.29 is 4.79 Å². The Hall–Kier alpha value is -2.73. The molecule has 0 aliphatic carbocycles. The van der Waals surface area contributed by atoms with Crippen molar-refractivity contribution in [2.45, 2.75) is 52.0 Å². The Kier molecular flexibility index (Phi) is 5.60. The van der Waals surface area contributed by atoms with E-state index in [9.17, 15) is 4.79 Å². The molecule has 4 rings (SSSR count). The van der Waals surface area contributed by atoms with Crippen LogP contribution in [0.15, 0.2) is 48.7 Å². The van der Waals surface area contributed by atoms with Crippen LogP contribution in [0.1, 0.15) is 54.4 Å². The van der Waals surface area contributed by atoms with Crippen LogP contribution in [0, 0.1) is 13.8 Å². The summed E-state index contributed by atoms with van der Waals surface area (Å²) in [5.41, 5.74) is 2.60. The van der Waals surface area contributed by atoms with Gasteiger partial charge in [-0.05, 0) is 58.2 Å². The number of nitrogens with zero attached hydrogens (tertiary/aromatic N) is 3. The van der Waals surface area contributed by atoms with Crippen LogP contribution in [0.5, 0.6) is 0 Å². The average molecular weight is 421 g/mol. The Labute approximate surface area is 182 Å². The van der Waals surface area contributed by atoms with Crippen LogP contribution in [0.3, 0.4) is 0 Å². The van der Waals surface area contributed by atoms with Gasteiger partial charge in [0.2, 0.25) is 5.91 Å². The Morgan fingerprint density at radius 3 is 2.63 bits per heavy atom.